The van der Waals surface area contributed by atoms with Gasteiger partial charge in [-0.25, -0.2) is 9.18 Å². The van der Waals surface area contributed by atoms with E-state index in [1.165, 1.54) is 41.3 Å². The zero-order valence-electron chi connectivity index (χ0n) is 18.4. The highest BCUT2D eigenvalue weighted by Gasteiger charge is 2.34. The molecule has 2 aliphatic rings. The summed E-state index contributed by atoms with van der Waals surface area (Å²) >= 11 is 0. The van der Waals surface area contributed by atoms with E-state index in [-0.39, 0.29) is 42.7 Å². The number of nitrogens with zero attached hydrogens (tertiary/aromatic N) is 1. The van der Waals surface area contributed by atoms with E-state index < -0.39 is 17.9 Å². The minimum atomic E-state index is -1.07. The molecule has 2 aliphatic heterocycles. The van der Waals surface area contributed by atoms with Gasteiger partial charge in [-0.3, -0.25) is 9.59 Å². The summed E-state index contributed by atoms with van der Waals surface area (Å²) in [6.45, 7) is -0.175. The van der Waals surface area contributed by atoms with Crippen molar-refractivity contribution in [1.82, 2.24) is 4.90 Å². The van der Waals surface area contributed by atoms with Gasteiger partial charge >= 0.3 is 5.97 Å². The minimum Gasteiger partial charge on any atom is -0.484 e. The third kappa shape index (κ3) is 4.50. The van der Waals surface area contributed by atoms with Crippen LogP contribution in [0.15, 0.2) is 72.5 Å². The van der Waals surface area contributed by atoms with E-state index >= 15 is 0 Å². The quantitative estimate of drug-likeness (QED) is 0.566. The maximum Gasteiger partial charge on any atom is 0.326 e. The summed E-state index contributed by atoms with van der Waals surface area (Å²) in [4.78, 5) is 38.6. The molecule has 0 saturated carbocycles. The molecule has 0 spiro atoms. The summed E-state index contributed by atoms with van der Waals surface area (Å²) in [5.74, 6) is -1.55. The van der Waals surface area contributed by atoms with Crippen molar-refractivity contribution in [2.24, 2.45) is 0 Å². The molecule has 0 radical (unpaired) electrons. The number of amides is 1. The first kappa shape index (κ1) is 22.3. The predicted octanol–water partition coefficient (Wildman–Crippen LogP) is 3.86. The van der Waals surface area contributed by atoms with Crippen LogP contribution in [-0.4, -0.2) is 40.3 Å². The SMILES string of the molecule is O=C1C(=Cc2ccc(F)cc2)Oc2cc(OCC(=O)N3Cc4ccccc4CC3C(=O)O)ccc21. The van der Waals surface area contributed by atoms with Gasteiger partial charge < -0.3 is 19.5 Å². The largest absolute Gasteiger partial charge is 0.484 e. The number of ether oxygens (including phenoxy) is 2. The maximum absolute atomic E-state index is 13.1. The van der Waals surface area contributed by atoms with E-state index in [1.807, 2.05) is 24.3 Å². The highest BCUT2D eigenvalue weighted by molar-refractivity contribution is 6.14. The number of Topliss-reactive ketones (excluding diaryl/α,β-unsaturated/α-hetero) is 1. The summed E-state index contributed by atoms with van der Waals surface area (Å²) in [5, 5.41) is 9.64. The van der Waals surface area contributed by atoms with Crippen LogP contribution in [0.4, 0.5) is 4.39 Å². The number of fused-ring (bicyclic) bond motifs is 2. The Morgan fingerprint density at radius 1 is 1.09 bits per heavy atom. The van der Waals surface area contributed by atoms with Crippen molar-refractivity contribution in [2.45, 2.75) is 19.0 Å². The Kier molecular flexibility index (Phi) is 5.78. The number of rotatable bonds is 5. The van der Waals surface area contributed by atoms with E-state index in [0.29, 0.717) is 16.9 Å². The minimum absolute atomic E-state index is 0.0936. The van der Waals surface area contributed by atoms with E-state index in [2.05, 4.69) is 0 Å². The van der Waals surface area contributed by atoms with Gasteiger partial charge in [0.2, 0.25) is 5.78 Å². The van der Waals surface area contributed by atoms with Gasteiger partial charge in [-0.05, 0) is 47.0 Å². The molecule has 0 bridgehead atoms. The second kappa shape index (κ2) is 9.06. The Hall–Kier alpha value is -4.46. The molecule has 1 atom stereocenters. The van der Waals surface area contributed by atoms with Crippen LogP contribution in [0.2, 0.25) is 0 Å². The highest BCUT2D eigenvalue weighted by Crippen LogP contribution is 2.35. The lowest BCUT2D eigenvalue weighted by Gasteiger charge is -2.34. The first-order valence-electron chi connectivity index (χ1n) is 10.9. The molecule has 1 N–H and O–H groups in total. The third-order valence-corrected chi connectivity index (χ3v) is 6.03. The molecule has 0 aromatic heterocycles. The number of aliphatic carboxylic acids is 1. The molecule has 0 fully saturated rings. The Labute approximate surface area is 200 Å². The second-order valence-electron chi connectivity index (χ2n) is 8.29. The third-order valence-electron chi connectivity index (χ3n) is 6.03. The van der Waals surface area contributed by atoms with Gasteiger partial charge in [0.25, 0.3) is 5.91 Å². The molecular formula is C27H20FNO6. The van der Waals surface area contributed by atoms with Crippen LogP contribution in [0.5, 0.6) is 11.5 Å². The van der Waals surface area contributed by atoms with Crippen LogP contribution in [0.1, 0.15) is 27.0 Å². The van der Waals surface area contributed by atoms with Crippen molar-refractivity contribution in [2.75, 3.05) is 6.61 Å². The van der Waals surface area contributed by atoms with Crippen LogP contribution >= 0.6 is 0 Å². The van der Waals surface area contributed by atoms with Crippen LogP contribution in [0.25, 0.3) is 6.08 Å². The summed E-state index contributed by atoms with van der Waals surface area (Å²) in [6.07, 6.45) is 1.75. The normalized spacial score (nSPS) is 17.5. The van der Waals surface area contributed by atoms with Crippen molar-refractivity contribution < 1.29 is 33.4 Å². The lowest BCUT2D eigenvalue weighted by molar-refractivity contribution is -0.152. The summed E-state index contributed by atoms with van der Waals surface area (Å²) < 4.78 is 24.4. The molecule has 0 aliphatic carbocycles. The number of hydrogen-bond donors (Lipinski definition) is 1. The number of carboxylic acid groups (broad SMARTS) is 1. The Morgan fingerprint density at radius 2 is 1.83 bits per heavy atom. The van der Waals surface area contributed by atoms with Crippen LogP contribution in [0, 0.1) is 5.82 Å². The molecule has 2 heterocycles. The fourth-order valence-corrected chi connectivity index (χ4v) is 4.20. The molecule has 8 heteroatoms. The van der Waals surface area contributed by atoms with Crippen LogP contribution < -0.4 is 9.47 Å². The standard InChI is InChI=1S/C27H20FNO6/c28-19-7-5-16(6-8-19)11-24-26(31)21-10-9-20(13-23(21)35-24)34-15-25(30)29-14-18-4-2-1-3-17(18)12-22(29)27(32)33/h1-11,13,22H,12,14-15H2,(H,32,33). The fourth-order valence-electron chi connectivity index (χ4n) is 4.20. The smallest absolute Gasteiger partial charge is 0.326 e. The van der Waals surface area contributed by atoms with Gasteiger partial charge in [0.1, 0.15) is 23.4 Å². The molecule has 5 rings (SSSR count). The summed E-state index contributed by atoms with van der Waals surface area (Å²) in [6, 6.07) is 16.7. The molecule has 35 heavy (non-hydrogen) atoms. The summed E-state index contributed by atoms with van der Waals surface area (Å²) in [5.41, 5.74) is 2.77. The zero-order chi connectivity index (χ0) is 24.5. The van der Waals surface area contributed by atoms with Crippen molar-refractivity contribution in [3.63, 3.8) is 0 Å². The zero-order valence-corrected chi connectivity index (χ0v) is 18.4. The molecule has 7 nitrogen and oxygen atoms in total. The van der Waals surface area contributed by atoms with E-state index in [0.717, 1.165) is 11.1 Å². The highest BCUT2D eigenvalue weighted by atomic mass is 19.1. The molecule has 1 amide bonds. The summed E-state index contributed by atoms with van der Waals surface area (Å²) in [7, 11) is 0. The van der Waals surface area contributed by atoms with E-state index in [1.54, 1.807) is 12.1 Å². The van der Waals surface area contributed by atoms with Gasteiger partial charge in [0.15, 0.2) is 12.4 Å². The van der Waals surface area contributed by atoms with Gasteiger partial charge in [-0.15, -0.1) is 0 Å². The average Bonchev–Trinajstić information content (AvgIpc) is 3.17. The van der Waals surface area contributed by atoms with Gasteiger partial charge in [-0.2, -0.15) is 0 Å². The fraction of sp³-hybridized carbons (Fsp3) is 0.148. The van der Waals surface area contributed by atoms with Crippen LogP contribution in [0.3, 0.4) is 0 Å². The van der Waals surface area contributed by atoms with Gasteiger partial charge in [0.05, 0.1) is 5.56 Å². The number of benzene rings is 3. The number of carbonyl (C=O) groups excluding carboxylic acids is 2. The maximum atomic E-state index is 13.1. The molecule has 1 unspecified atom stereocenters. The molecule has 3 aromatic carbocycles. The van der Waals surface area contributed by atoms with Crippen molar-refractivity contribution >= 4 is 23.7 Å². The molecule has 3 aromatic rings. The number of allylic oxidation sites excluding steroid dienone is 1. The predicted molar refractivity (Wildman–Crippen MR) is 123 cm³/mol. The number of halogens is 1. The number of ketones is 1. The Balaban J connectivity index is 1.28. The lowest BCUT2D eigenvalue weighted by atomic mass is 9.94. The Morgan fingerprint density at radius 3 is 2.57 bits per heavy atom. The monoisotopic (exact) mass is 473 g/mol. The van der Waals surface area contributed by atoms with Crippen molar-refractivity contribution in [3.05, 3.63) is 101 Å². The number of carbonyl (C=O) groups is 3. The van der Waals surface area contributed by atoms with Crippen molar-refractivity contribution in [1.29, 1.82) is 0 Å². The number of carboxylic acids is 1. The molecule has 0 saturated heterocycles. The van der Waals surface area contributed by atoms with E-state index in [9.17, 15) is 23.9 Å². The second-order valence-corrected chi connectivity index (χ2v) is 8.29. The average molecular weight is 473 g/mol. The number of hydrogen-bond acceptors (Lipinski definition) is 5. The van der Waals surface area contributed by atoms with E-state index in [4.69, 9.17) is 9.47 Å². The topological polar surface area (TPSA) is 93.1 Å². The first-order chi connectivity index (χ1) is 16.9. The first-order valence-corrected chi connectivity index (χ1v) is 10.9. The van der Waals surface area contributed by atoms with Gasteiger partial charge in [0, 0.05) is 19.0 Å². The van der Waals surface area contributed by atoms with Crippen molar-refractivity contribution in [3.8, 4) is 11.5 Å². The lowest BCUT2D eigenvalue weighted by Crippen LogP contribution is -2.50. The van der Waals surface area contributed by atoms with Crippen LogP contribution in [-0.2, 0) is 22.6 Å². The van der Waals surface area contributed by atoms with Gasteiger partial charge in [-0.1, -0.05) is 36.4 Å². The molecule has 176 valence electrons. The molecular weight excluding hydrogens is 453 g/mol. The Bertz CT molecular complexity index is 1360.